The van der Waals surface area contributed by atoms with Crippen molar-refractivity contribution < 1.29 is 9.47 Å². The van der Waals surface area contributed by atoms with Crippen LogP contribution in [0.3, 0.4) is 0 Å². The van der Waals surface area contributed by atoms with Gasteiger partial charge in [0.25, 0.3) is 0 Å². The van der Waals surface area contributed by atoms with Crippen LogP contribution in [0, 0.1) is 5.41 Å². The van der Waals surface area contributed by atoms with E-state index >= 15 is 0 Å². The van der Waals surface area contributed by atoms with E-state index in [0.717, 1.165) is 24.6 Å². The standard InChI is InChI=1S/C16H24N2O2/c1-16(2)5-7-18(8-6-16)13(10-17)12-3-4-14-15(9-12)20-11-19-14/h3-4,9,13H,5-8,10-11,17H2,1-2H3. The first-order chi connectivity index (χ1) is 9.59. The Morgan fingerprint density at radius 3 is 2.60 bits per heavy atom. The van der Waals surface area contributed by atoms with Gasteiger partial charge in [-0.2, -0.15) is 0 Å². The van der Waals surface area contributed by atoms with Gasteiger partial charge in [-0.3, -0.25) is 4.90 Å². The van der Waals surface area contributed by atoms with E-state index in [2.05, 4.69) is 30.9 Å². The molecule has 1 saturated heterocycles. The van der Waals surface area contributed by atoms with Gasteiger partial charge in [0, 0.05) is 12.6 Å². The highest BCUT2D eigenvalue weighted by Crippen LogP contribution is 2.37. The van der Waals surface area contributed by atoms with Crippen molar-refractivity contribution in [2.75, 3.05) is 26.4 Å². The van der Waals surface area contributed by atoms with E-state index in [-0.39, 0.29) is 6.04 Å². The quantitative estimate of drug-likeness (QED) is 0.921. The molecular formula is C16H24N2O2. The molecule has 1 aromatic carbocycles. The zero-order valence-corrected chi connectivity index (χ0v) is 12.4. The summed E-state index contributed by atoms with van der Waals surface area (Å²) in [5.74, 6) is 1.68. The fourth-order valence-electron chi connectivity index (χ4n) is 3.06. The topological polar surface area (TPSA) is 47.7 Å². The Labute approximate surface area is 120 Å². The molecule has 1 unspecified atom stereocenters. The lowest BCUT2D eigenvalue weighted by molar-refractivity contribution is 0.0963. The largest absolute Gasteiger partial charge is 0.454 e. The summed E-state index contributed by atoms with van der Waals surface area (Å²) in [5.41, 5.74) is 7.73. The van der Waals surface area contributed by atoms with Gasteiger partial charge >= 0.3 is 0 Å². The summed E-state index contributed by atoms with van der Waals surface area (Å²) in [6.07, 6.45) is 2.46. The number of fused-ring (bicyclic) bond motifs is 1. The molecule has 2 heterocycles. The highest BCUT2D eigenvalue weighted by atomic mass is 16.7. The van der Waals surface area contributed by atoms with E-state index in [1.54, 1.807) is 0 Å². The Morgan fingerprint density at radius 1 is 1.20 bits per heavy atom. The van der Waals surface area contributed by atoms with Gasteiger partial charge < -0.3 is 15.2 Å². The molecule has 0 amide bonds. The van der Waals surface area contributed by atoms with Gasteiger partial charge in [-0.05, 0) is 49.0 Å². The second kappa shape index (κ2) is 5.26. The molecular weight excluding hydrogens is 252 g/mol. The lowest BCUT2D eigenvalue weighted by Gasteiger charge is -2.41. The summed E-state index contributed by atoms with van der Waals surface area (Å²) in [5, 5.41) is 0. The molecule has 1 fully saturated rings. The lowest BCUT2D eigenvalue weighted by atomic mass is 9.82. The average molecular weight is 276 g/mol. The molecule has 2 aliphatic heterocycles. The minimum atomic E-state index is 0.278. The lowest BCUT2D eigenvalue weighted by Crippen LogP contribution is -2.42. The molecule has 3 rings (SSSR count). The van der Waals surface area contributed by atoms with Gasteiger partial charge in [0.2, 0.25) is 6.79 Å². The number of piperidine rings is 1. The maximum absolute atomic E-state index is 6.03. The monoisotopic (exact) mass is 276 g/mol. The smallest absolute Gasteiger partial charge is 0.231 e. The van der Waals surface area contributed by atoms with E-state index in [4.69, 9.17) is 15.2 Å². The molecule has 0 saturated carbocycles. The number of benzene rings is 1. The van der Waals surface area contributed by atoms with Crippen LogP contribution in [0.4, 0.5) is 0 Å². The highest BCUT2D eigenvalue weighted by Gasteiger charge is 2.30. The van der Waals surface area contributed by atoms with E-state index in [1.807, 2.05) is 6.07 Å². The molecule has 0 aromatic heterocycles. The molecule has 1 atom stereocenters. The first kappa shape index (κ1) is 13.7. The van der Waals surface area contributed by atoms with Crippen LogP contribution >= 0.6 is 0 Å². The van der Waals surface area contributed by atoms with E-state index in [0.29, 0.717) is 18.8 Å². The van der Waals surface area contributed by atoms with Gasteiger partial charge in [-0.1, -0.05) is 19.9 Å². The van der Waals surface area contributed by atoms with Crippen molar-refractivity contribution in [3.8, 4) is 11.5 Å². The predicted octanol–water partition coefficient (Wildman–Crippen LogP) is 2.54. The Kier molecular flexibility index (Phi) is 3.61. The Balaban J connectivity index is 1.77. The van der Waals surface area contributed by atoms with Crippen LogP contribution in [0.15, 0.2) is 18.2 Å². The third-order valence-corrected chi connectivity index (χ3v) is 4.60. The molecule has 4 nitrogen and oxygen atoms in total. The molecule has 0 radical (unpaired) electrons. The van der Waals surface area contributed by atoms with E-state index in [9.17, 15) is 0 Å². The number of ether oxygens (including phenoxy) is 2. The number of rotatable bonds is 3. The number of likely N-dealkylation sites (tertiary alicyclic amines) is 1. The van der Waals surface area contributed by atoms with E-state index < -0.39 is 0 Å². The van der Waals surface area contributed by atoms with E-state index in [1.165, 1.54) is 18.4 Å². The maximum atomic E-state index is 6.03. The Hall–Kier alpha value is -1.26. The molecule has 0 aliphatic carbocycles. The predicted molar refractivity (Wildman–Crippen MR) is 78.9 cm³/mol. The summed E-state index contributed by atoms with van der Waals surface area (Å²) < 4.78 is 10.8. The Bertz CT molecular complexity index is 477. The second-order valence-electron chi connectivity index (χ2n) is 6.56. The van der Waals surface area contributed by atoms with Crippen LogP contribution in [-0.2, 0) is 0 Å². The summed E-state index contributed by atoms with van der Waals surface area (Å²) in [6.45, 7) is 7.89. The van der Waals surface area contributed by atoms with Crippen LogP contribution in [0.2, 0.25) is 0 Å². The number of hydrogen-bond acceptors (Lipinski definition) is 4. The van der Waals surface area contributed by atoms with Gasteiger partial charge in [0.1, 0.15) is 0 Å². The third-order valence-electron chi connectivity index (χ3n) is 4.60. The van der Waals surface area contributed by atoms with Gasteiger partial charge in [0.05, 0.1) is 0 Å². The van der Waals surface area contributed by atoms with Crippen LogP contribution in [0.25, 0.3) is 0 Å². The number of nitrogens with zero attached hydrogens (tertiary/aromatic N) is 1. The van der Waals surface area contributed by atoms with Crippen molar-refractivity contribution in [3.63, 3.8) is 0 Å². The second-order valence-corrected chi connectivity index (χ2v) is 6.56. The van der Waals surface area contributed by atoms with Crippen molar-refractivity contribution in [2.45, 2.75) is 32.7 Å². The molecule has 110 valence electrons. The van der Waals surface area contributed by atoms with Crippen LogP contribution < -0.4 is 15.2 Å². The summed E-state index contributed by atoms with van der Waals surface area (Å²) in [6, 6.07) is 6.47. The first-order valence-corrected chi connectivity index (χ1v) is 7.43. The minimum absolute atomic E-state index is 0.278. The molecule has 1 aromatic rings. The van der Waals surface area contributed by atoms with Crippen molar-refractivity contribution >= 4 is 0 Å². The fourth-order valence-corrected chi connectivity index (χ4v) is 3.06. The van der Waals surface area contributed by atoms with Crippen molar-refractivity contribution in [3.05, 3.63) is 23.8 Å². The highest BCUT2D eigenvalue weighted by molar-refractivity contribution is 5.45. The van der Waals surface area contributed by atoms with Gasteiger partial charge in [0.15, 0.2) is 11.5 Å². The number of hydrogen-bond donors (Lipinski definition) is 1. The van der Waals surface area contributed by atoms with Crippen molar-refractivity contribution in [1.29, 1.82) is 0 Å². The van der Waals surface area contributed by atoms with Crippen LogP contribution in [0.5, 0.6) is 11.5 Å². The summed E-state index contributed by atoms with van der Waals surface area (Å²) in [4.78, 5) is 2.50. The molecule has 0 spiro atoms. The van der Waals surface area contributed by atoms with Gasteiger partial charge in [-0.15, -0.1) is 0 Å². The first-order valence-electron chi connectivity index (χ1n) is 7.43. The zero-order chi connectivity index (χ0) is 14.2. The molecule has 20 heavy (non-hydrogen) atoms. The average Bonchev–Trinajstić information content (AvgIpc) is 2.89. The Morgan fingerprint density at radius 2 is 1.90 bits per heavy atom. The normalized spacial score (nSPS) is 22.8. The molecule has 0 bridgehead atoms. The SMILES string of the molecule is CC1(C)CCN(C(CN)c2ccc3c(c2)OCO3)CC1. The molecule has 2 aliphatic rings. The van der Waals surface area contributed by atoms with Gasteiger partial charge in [-0.25, -0.2) is 0 Å². The minimum Gasteiger partial charge on any atom is -0.454 e. The third kappa shape index (κ3) is 2.63. The molecule has 4 heteroatoms. The molecule has 2 N–H and O–H groups in total. The zero-order valence-electron chi connectivity index (χ0n) is 12.4. The van der Waals surface area contributed by atoms with Crippen LogP contribution in [-0.4, -0.2) is 31.3 Å². The van der Waals surface area contributed by atoms with Crippen LogP contribution in [0.1, 0.15) is 38.3 Å². The summed E-state index contributed by atoms with van der Waals surface area (Å²) in [7, 11) is 0. The number of nitrogens with two attached hydrogens (primary N) is 1. The van der Waals surface area contributed by atoms with Crippen molar-refractivity contribution in [1.82, 2.24) is 4.90 Å². The maximum Gasteiger partial charge on any atom is 0.231 e. The summed E-state index contributed by atoms with van der Waals surface area (Å²) >= 11 is 0. The fraction of sp³-hybridized carbons (Fsp3) is 0.625. The van der Waals surface area contributed by atoms with Crippen molar-refractivity contribution in [2.24, 2.45) is 11.1 Å².